The van der Waals surface area contributed by atoms with E-state index in [1.165, 1.54) is 11.3 Å². The van der Waals surface area contributed by atoms with Gasteiger partial charge in [0.15, 0.2) is 6.10 Å². The van der Waals surface area contributed by atoms with Crippen LogP contribution in [0.2, 0.25) is 0 Å². The summed E-state index contributed by atoms with van der Waals surface area (Å²) < 4.78 is 5.15. The Morgan fingerprint density at radius 2 is 2.37 bits per heavy atom. The highest BCUT2D eigenvalue weighted by atomic mass is 32.1. The van der Waals surface area contributed by atoms with Crippen molar-refractivity contribution in [2.24, 2.45) is 5.92 Å². The van der Waals surface area contributed by atoms with Crippen LogP contribution in [0.15, 0.2) is 11.4 Å². The number of amides is 1. The van der Waals surface area contributed by atoms with E-state index in [9.17, 15) is 9.59 Å². The molecule has 1 amide bonds. The maximum atomic E-state index is 12.0. The van der Waals surface area contributed by atoms with Crippen LogP contribution < -0.4 is 5.32 Å². The molecule has 2 N–H and O–H groups in total. The Labute approximate surface area is 115 Å². The minimum absolute atomic E-state index is 0.122. The molecule has 0 aliphatic carbocycles. The van der Waals surface area contributed by atoms with Gasteiger partial charge < -0.3 is 15.2 Å². The van der Waals surface area contributed by atoms with Crippen LogP contribution in [0, 0.1) is 5.92 Å². The number of thiophene rings is 1. The average Bonchev–Trinajstić information content (AvgIpc) is 3.04. The van der Waals surface area contributed by atoms with Gasteiger partial charge in [-0.15, -0.1) is 11.3 Å². The fraction of sp³-hybridized carbons (Fsp3) is 0.538. The molecule has 104 valence electrons. The molecule has 0 saturated carbocycles. The van der Waals surface area contributed by atoms with Crippen molar-refractivity contribution in [2.75, 3.05) is 13.2 Å². The Bertz CT molecular complexity index is 471. The Kier molecular flexibility index (Phi) is 4.55. The first kappa shape index (κ1) is 14.0. The molecule has 6 heteroatoms. The fourth-order valence-corrected chi connectivity index (χ4v) is 3.14. The number of aliphatic carboxylic acids is 1. The third-order valence-corrected chi connectivity index (χ3v) is 4.27. The van der Waals surface area contributed by atoms with Crippen LogP contribution in [0.25, 0.3) is 0 Å². The third-order valence-electron chi connectivity index (χ3n) is 3.32. The average molecular weight is 283 g/mol. The molecule has 2 rings (SSSR count). The number of rotatable bonds is 5. The van der Waals surface area contributed by atoms with E-state index in [1.54, 1.807) is 0 Å². The summed E-state index contributed by atoms with van der Waals surface area (Å²) in [5, 5.41) is 13.7. The van der Waals surface area contributed by atoms with Gasteiger partial charge in [-0.3, -0.25) is 4.79 Å². The lowest BCUT2D eigenvalue weighted by atomic mass is 10.0. The summed E-state index contributed by atoms with van der Waals surface area (Å²) >= 11 is 1.41. The lowest BCUT2D eigenvalue weighted by molar-refractivity contribution is -0.149. The number of aryl methyl sites for hydroxylation is 1. The summed E-state index contributed by atoms with van der Waals surface area (Å²) in [6.45, 7) is 2.79. The van der Waals surface area contributed by atoms with Crippen molar-refractivity contribution in [2.45, 2.75) is 25.9 Å². The Balaban J connectivity index is 1.92. The van der Waals surface area contributed by atoms with Crippen molar-refractivity contribution in [3.63, 3.8) is 0 Å². The summed E-state index contributed by atoms with van der Waals surface area (Å²) in [6.07, 6.45) is 0.688. The number of hydrogen-bond donors (Lipinski definition) is 2. The minimum Gasteiger partial charge on any atom is -0.479 e. The van der Waals surface area contributed by atoms with E-state index in [2.05, 4.69) is 5.32 Å². The van der Waals surface area contributed by atoms with E-state index in [0.717, 1.165) is 12.0 Å². The molecule has 0 radical (unpaired) electrons. The van der Waals surface area contributed by atoms with Crippen LogP contribution in [-0.4, -0.2) is 36.2 Å². The van der Waals surface area contributed by atoms with Gasteiger partial charge in [-0.25, -0.2) is 4.79 Å². The number of carbonyl (C=O) groups excluding carboxylic acids is 1. The van der Waals surface area contributed by atoms with Gasteiger partial charge in [0.25, 0.3) is 5.91 Å². The monoisotopic (exact) mass is 283 g/mol. The largest absolute Gasteiger partial charge is 0.479 e. The van der Waals surface area contributed by atoms with Crippen molar-refractivity contribution < 1.29 is 19.4 Å². The van der Waals surface area contributed by atoms with E-state index < -0.39 is 12.1 Å². The predicted octanol–water partition coefficient (Wildman–Crippen LogP) is 1.53. The van der Waals surface area contributed by atoms with E-state index in [0.29, 0.717) is 24.4 Å². The summed E-state index contributed by atoms with van der Waals surface area (Å²) in [5.41, 5.74) is 1.03. The standard InChI is InChI=1S/C13H17NO4S/c1-2-8-4-6-19-11(8)12(15)14-7-9-3-5-18-10(9)13(16)17/h4,6,9-10H,2-3,5,7H2,1H3,(H,14,15)(H,16,17)/t9-,10-/m0/s1. The zero-order valence-electron chi connectivity index (χ0n) is 10.7. The van der Waals surface area contributed by atoms with Crippen molar-refractivity contribution >= 4 is 23.2 Å². The summed E-state index contributed by atoms with van der Waals surface area (Å²) in [4.78, 5) is 23.7. The molecule has 0 spiro atoms. The molecule has 0 bridgehead atoms. The molecule has 0 unspecified atom stereocenters. The van der Waals surface area contributed by atoms with Crippen LogP contribution in [0.5, 0.6) is 0 Å². The van der Waals surface area contributed by atoms with Crippen molar-refractivity contribution in [1.82, 2.24) is 5.32 Å². The molecule has 1 saturated heterocycles. The second kappa shape index (κ2) is 6.16. The maximum Gasteiger partial charge on any atom is 0.333 e. The highest BCUT2D eigenvalue weighted by Gasteiger charge is 2.34. The summed E-state index contributed by atoms with van der Waals surface area (Å²) in [5.74, 6) is -1.23. The minimum atomic E-state index is -0.956. The molecule has 1 aromatic rings. The maximum absolute atomic E-state index is 12.0. The van der Waals surface area contributed by atoms with Gasteiger partial charge in [0.05, 0.1) is 4.88 Å². The van der Waals surface area contributed by atoms with E-state index in [4.69, 9.17) is 9.84 Å². The van der Waals surface area contributed by atoms with Gasteiger partial charge in [-0.05, 0) is 29.9 Å². The summed E-state index contributed by atoms with van der Waals surface area (Å²) in [6, 6.07) is 1.94. The van der Waals surface area contributed by atoms with Crippen LogP contribution in [0.4, 0.5) is 0 Å². The Morgan fingerprint density at radius 3 is 3.05 bits per heavy atom. The molecule has 5 nitrogen and oxygen atoms in total. The van der Waals surface area contributed by atoms with E-state index in [1.807, 2.05) is 18.4 Å². The second-order valence-corrected chi connectivity index (χ2v) is 5.43. The smallest absolute Gasteiger partial charge is 0.333 e. The van der Waals surface area contributed by atoms with E-state index >= 15 is 0 Å². The predicted molar refractivity (Wildman–Crippen MR) is 71.5 cm³/mol. The van der Waals surface area contributed by atoms with Crippen molar-refractivity contribution in [1.29, 1.82) is 0 Å². The zero-order valence-corrected chi connectivity index (χ0v) is 11.5. The number of nitrogens with one attached hydrogen (secondary N) is 1. The molecular weight excluding hydrogens is 266 g/mol. The first-order valence-corrected chi connectivity index (χ1v) is 7.20. The Morgan fingerprint density at radius 1 is 1.58 bits per heavy atom. The Hall–Kier alpha value is -1.40. The van der Waals surface area contributed by atoms with Gasteiger partial charge in [-0.1, -0.05) is 6.92 Å². The van der Waals surface area contributed by atoms with Gasteiger partial charge in [0.1, 0.15) is 0 Å². The quantitative estimate of drug-likeness (QED) is 0.859. The SMILES string of the molecule is CCc1ccsc1C(=O)NC[C@@H]1CCO[C@@H]1C(=O)O. The number of carboxylic acids is 1. The van der Waals surface area contributed by atoms with Crippen molar-refractivity contribution in [3.8, 4) is 0 Å². The molecule has 1 aliphatic rings. The normalized spacial score (nSPS) is 22.4. The number of carbonyl (C=O) groups is 2. The van der Waals surface area contributed by atoms with Crippen LogP contribution >= 0.6 is 11.3 Å². The van der Waals surface area contributed by atoms with Crippen LogP contribution in [-0.2, 0) is 16.0 Å². The lowest BCUT2D eigenvalue weighted by Gasteiger charge is -2.15. The van der Waals surface area contributed by atoms with Gasteiger partial charge in [-0.2, -0.15) is 0 Å². The molecule has 1 aliphatic heterocycles. The second-order valence-electron chi connectivity index (χ2n) is 4.52. The van der Waals surface area contributed by atoms with Gasteiger partial charge >= 0.3 is 5.97 Å². The zero-order chi connectivity index (χ0) is 13.8. The molecule has 1 fully saturated rings. The van der Waals surface area contributed by atoms with Crippen molar-refractivity contribution in [3.05, 3.63) is 21.9 Å². The molecule has 0 aromatic carbocycles. The van der Waals surface area contributed by atoms with Crippen LogP contribution in [0.3, 0.4) is 0 Å². The molecule has 2 atom stereocenters. The third kappa shape index (κ3) is 3.13. The fourth-order valence-electron chi connectivity index (χ4n) is 2.23. The highest BCUT2D eigenvalue weighted by Crippen LogP contribution is 2.21. The lowest BCUT2D eigenvalue weighted by Crippen LogP contribution is -2.36. The summed E-state index contributed by atoms with van der Waals surface area (Å²) in [7, 11) is 0. The number of ether oxygens (including phenoxy) is 1. The topological polar surface area (TPSA) is 75.6 Å². The molecule has 19 heavy (non-hydrogen) atoms. The van der Waals surface area contributed by atoms with Crippen LogP contribution in [0.1, 0.15) is 28.6 Å². The molecular formula is C13H17NO4S. The van der Waals surface area contributed by atoms with E-state index in [-0.39, 0.29) is 11.8 Å². The first-order chi connectivity index (χ1) is 9.13. The first-order valence-electron chi connectivity index (χ1n) is 6.32. The van der Waals surface area contributed by atoms with Gasteiger partial charge in [0, 0.05) is 19.1 Å². The highest BCUT2D eigenvalue weighted by molar-refractivity contribution is 7.12. The number of carboxylic acid groups (broad SMARTS) is 1. The molecule has 1 aromatic heterocycles. The van der Waals surface area contributed by atoms with Gasteiger partial charge in [0.2, 0.25) is 0 Å². The number of hydrogen-bond acceptors (Lipinski definition) is 4. The molecule has 2 heterocycles.